The summed E-state index contributed by atoms with van der Waals surface area (Å²) in [6, 6.07) is 0. The zero-order valence-corrected chi connectivity index (χ0v) is 8.75. The van der Waals surface area contributed by atoms with Crippen molar-refractivity contribution in [1.29, 1.82) is 0 Å². The molecular weight excluding hydrogens is 220 g/mol. The summed E-state index contributed by atoms with van der Waals surface area (Å²) in [6.45, 7) is 1.73. The van der Waals surface area contributed by atoms with E-state index in [1.807, 2.05) is 0 Å². The van der Waals surface area contributed by atoms with Gasteiger partial charge in [-0.15, -0.1) is 0 Å². The highest BCUT2D eigenvalue weighted by molar-refractivity contribution is 6.30. The van der Waals surface area contributed by atoms with Gasteiger partial charge in [0.05, 0.1) is 0 Å². The number of carbonyl (C=O) groups is 1. The average Bonchev–Trinajstić information content (AvgIpc) is 2.61. The molecule has 0 radical (unpaired) electrons. The summed E-state index contributed by atoms with van der Waals surface area (Å²) in [6.07, 6.45) is 1.72. The van der Waals surface area contributed by atoms with Gasteiger partial charge in [0.15, 0.2) is 5.15 Å². The second-order valence-corrected chi connectivity index (χ2v) is 3.90. The summed E-state index contributed by atoms with van der Waals surface area (Å²) < 4.78 is 4.71. The number of nitrogens with zero attached hydrogens (tertiary/aromatic N) is 1. The van der Waals surface area contributed by atoms with Gasteiger partial charge < -0.3 is 14.9 Å². The Hall–Kier alpha value is -1.07. The fraction of sp³-hybridized carbons (Fsp3) is 0.556. The van der Waals surface area contributed by atoms with Crippen LogP contribution >= 0.6 is 11.6 Å². The minimum atomic E-state index is -1.11. The first kappa shape index (κ1) is 10.4. The van der Waals surface area contributed by atoms with Crippen LogP contribution in [0.3, 0.4) is 0 Å². The molecule has 0 bridgehead atoms. The minimum Gasteiger partial charge on any atom is -0.475 e. The fourth-order valence-corrected chi connectivity index (χ4v) is 2.17. The molecule has 0 aromatic carbocycles. The van der Waals surface area contributed by atoms with Crippen LogP contribution in [0.4, 0.5) is 0 Å². The number of hydrogen-bond donors (Lipinski definition) is 2. The van der Waals surface area contributed by atoms with Gasteiger partial charge in [-0.2, -0.15) is 0 Å². The molecule has 1 saturated heterocycles. The van der Waals surface area contributed by atoms with Crippen LogP contribution in [0.25, 0.3) is 0 Å². The highest BCUT2D eigenvalue weighted by atomic mass is 35.5. The first-order chi connectivity index (χ1) is 7.20. The summed E-state index contributed by atoms with van der Waals surface area (Å²) >= 11 is 5.83. The van der Waals surface area contributed by atoms with E-state index in [1.165, 1.54) is 0 Å². The highest BCUT2D eigenvalue weighted by Gasteiger charge is 2.28. The fourth-order valence-electron chi connectivity index (χ4n) is 1.90. The summed E-state index contributed by atoms with van der Waals surface area (Å²) in [5.74, 6) is -1.09. The average molecular weight is 231 g/mol. The summed E-state index contributed by atoms with van der Waals surface area (Å²) in [5.41, 5.74) is 0.547. The van der Waals surface area contributed by atoms with Gasteiger partial charge in [-0.1, -0.05) is 16.8 Å². The van der Waals surface area contributed by atoms with E-state index in [-0.39, 0.29) is 16.8 Å². The van der Waals surface area contributed by atoms with Gasteiger partial charge in [0.2, 0.25) is 5.76 Å². The molecule has 0 spiro atoms. The first-order valence-corrected chi connectivity index (χ1v) is 5.17. The number of aromatic carboxylic acids is 1. The van der Waals surface area contributed by atoms with Gasteiger partial charge in [-0.05, 0) is 31.8 Å². The molecule has 2 heterocycles. The smallest absolute Gasteiger partial charge is 0.375 e. The number of halogens is 1. The van der Waals surface area contributed by atoms with Crippen LogP contribution in [-0.2, 0) is 0 Å². The van der Waals surface area contributed by atoms with Crippen molar-refractivity contribution in [2.75, 3.05) is 13.1 Å². The first-order valence-electron chi connectivity index (χ1n) is 4.79. The molecule has 5 nitrogen and oxygen atoms in total. The van der Waals surface area contributed by atoms with Gasteiger partial charge >= 0.3 is 5.97 Å². The standard InChI is InChI=1S/C9H11ClN2O3/c10-8-6(5-1-3-11-4-2-5)7(9(13)14)15-12-8/h5,11H,1-4H2,(H,13,14). The summed E-state index contributed by atoms with van der Waals surface area (Å²) in [7, 11) is 0. The van der Waals surface area contributed by atoms with E-state index in [1.54, 1.807) is 0 Å². The molecule has 1 aliphatic heterocycles. The Bertz CT molecular complexity index is 371. The third-order valence-electron chi connectivity index (χ3n) is 2.63. The summed E-state index contributed by atoms with van der Waals surface area (Å²) in [4.78, 5) is 10.9. The Balaban J connectivity index is 2.32. The maximum Gasteiger partial charge on any atom is 0.375 e. The molecule has 2 N–H and O–H groups in total. The lowest BCUT2D eigenvalue weighted by atomic mass is 9.91. The maximum absolute atomic E-state index is 10.9. The van der Waals surface area contributed by atoms with Crippen LogP contribution < -0.4 is 5.32 Å². The molecule has 82 valence electrons. The van der Waals surface area contributed by atoms with Crippen molar-refractivity contribution in [3.05, 3.63) is 16.5 Å². The molecule has 0 unspecified atom stereocenters. The number of nitrogens with one attached hydrogen (secondary N) is 1. The zero-order valence-electron chi connectivity index (χ0n) is 7.99. The second kappa shape index (κ2) is 4.20. The number of hydrogen-bond acceptors (Lipinski definition) is 4. The quantitative estimate of drug-likeness (QED) is 0.805. The van der Waals surface area contributed by atoms with Crippen molar-refractivity contribution < 1.29 is 14.4 Å². The lowest BCUT2D eigenvalue weighted by Crippen LogP contribution is -2.27. The van der Waals surface area contributed by atoms with Gasteiger partial charge in [0.1, 0.15) is 0 Å². The Morgan fingerprint density at radius 3 is 2.80 bits per heavy atom. The largest absolute Gasteiger partial charge is 0.475 e. The number of piperidine rings is 1. The maximum atomic E-state index is 10.9. The van der Waals surface area contributed by atoms with E-state index < -0.39 is 5.97 Å². The van der Waals surface area contributed by atoms with Crippen molar-refractivity contribution in [1.82, 2.24) is 10.5 Å². The predicted octanol–water partition coefficient (Wildman–Crippen LogP) is 1.49. The van der Waals surface area contributed by atoms with E-state index in [0.717, 1.165) is 25.9 Å². The third kappa shape index (κ3) is 1.98. The molecule has 6 heteroatoms. The van der Waals surface area contributed by atoms with E-state index in [2.05, 4.69) is 10.5 Å². The van der Waals surface area contributed by atoms with Gasteiger partial charge in [0, 0.05) is 5.56 Å². The van der Waals surface area contributed by atoms with Crippen molar-refractivity contribution in [2.24, 2.45) is 0 Å². The number of rotatable bonds is 2. The molecule has 0 atom stereocenters. The number of carboxylic acid groups (broad SMARTS) is 1. The Morgan fingerprint density at radius 1 is 1.53 bits per heavy atom. The second-order valence-electron chi connectivity index (χ2n) is 3.55. The highest BCUT2D eigenvalue weighted by Crippen LogP contribution is 2.33. The van der Waals surface area contributed by atoms with Gasteiger partial charge in [-0.3, -0.25) is 0 Å². The molecule has 2 rings (SSSR count). The zero-order chi connectivity index (χ0) is 10.8. The number of aromatic nitrogens is 1. The van der Waals surface area contributed by atoms with Crippen molar-refractivity contribution in [2.45, 2.75) is 18.8 Å². The normalized spacial score (nSPS) is 17.9. The minimum absolute atomic E-state index is 0.119. The Labute approximate surface area is 91.4 Å². The lowest BCUT2D eigenvalue weighted by molar-refractivity contribution is 0.0649. The molecule has 15 heavy (non-hydrogen) atoms. The van der Waals surface area contributed by atoms with Crippen LogP contribution in [0.15, 0.2) is 4.52 Å². The van der Waals surface area contributed by atoms with Crippen LogP contribution in [-0.4, -0.2) is 29.3 Å². The van der Waals surface area contributed by atoms with Crippen molar-refractivity contribution in [3.8, 4) is 0 Å². The molecule has 0 aliphatic carbocycles. The molecule has 0 saturated carbocycles. The molecule has 1 aromatic heterocycles. The topological polar surface area (TPSA) is 75.4 Å². The molecule has 1 aliphatic rings. The van der Waals surface area contributed by atoms with E-state index in [9.17, 15) is 4.79 Å². The van der Waals surface area contributed by atoms with E-state index in [4.69, 9.17) is 21.2 Å². The van der Waals surface area contributed by atoms with E-state index >= 15 is 0 Å². The van der Waals surface area contributed by atoms with E-state index in [0.29, 0.717) is 5.56 Å². The molecule has 1 fully saturated rings. The van der Waals surface area contributed by atoms with Crippen LogP contribution in [0, 0.1) is 0 Å². The lowest BCUT2D eigenvalue weighted by Gasteiger charge is -2.21. The van der Waals surface area contributed by atoms with Crippen LogP contribution in [0.2, 0.25) is 5.15 Å². The third-order valence-corrected chi connectivity index (χ3v) is 2.90. The Morgan fingerprint density at radius 2 is 2.20 bits per heavy atom. The molecule has 1 aromatic rings. The Kier molecular flexibility index (Phi) is 2.93. The van der Waals surface area contributed by atoms with Gasteiger partial charge in [-0.25, -0.2) is 4.79 Å². The predicted molar refractivity (Wildman–Crippen MR) is 53.3 cm³/mol. The van der Waals surface area contributed by atoms with Crippen molar-refractivity contribution in [3.63, 3.8) is 0 Å². The molecule has 0 amide bonds. The SMILES string of the molecule is O=C(O)c1onc(Cl)c1C1CCNCC1. The number of carboxylic acids is 1. The monoisotopic (exact) mass is 230 g/mol. The van der Waals surface area contributed by atoms with Crippen molar-refractivity contribution >= 4 is 17.6 Å². The van der Waals surface area contributed by atoms with Crippen LogP contribution in [0.1, 0.15) is 34.9 Å². The summed E-state index contributed by atoms with van der Waals surface area (Å²) in [5, 5.41) is 15.8. The molecular formula is C9H11ClN2O3. The van der Waals surface area contributed by atoms with Gasteiger partial charge in [0.25, 0.3) is 0 Å². The van der Waals surface area contributed by atoms with Crippen LogP contribution in [0.5, 0.6) is 0 Å².